The number of ether oxygens (including phenoxy) is 1. The average Bonchev–Trinajstić information content (AvgIpc) is 2.19. The molecule has 0 bridgehead atoms. The largest absolute Gasteiger partial charge is 0.494 e. The van der Waals surface area contributed by atoms with E-state index in [1.807, 2.05) is 0 Å². The van der Waals surface area contributed by atoms with Gasteiger partial charge in [-0.2, -0.15) is 13.2 Å². The molecule has 1 aromatic carbocycles. The number of methoxy groups -OCH3 is 1. The number of hydrogen-bond acceptors (Lipinski definition) is 2. The van der Waals surface area contributed by atoms with Crippen LogP contribution in [0.3, 0.4) is 0 Å². The summed E-state index contributed by atoms with van der Waals surface area (Å²) >= 11 is 5.21. The first kappa shape index (κ1) is 12.8. The van der Waals surface area contributed by atoms with E-state index < -0.39 is 33.9 Å². The molecule has 88 valence electrons. The van der Waals surface area contributed by atoms with Crippen LogP contribution in [0.2, 0.25) is 5.02 Å². The molecule has 0 aliphatic rings. The number of halogens is 5. The van der Waals surface area contributed by atoms with Crippen molar-refractivity contribution in [1.82, 2.24) is 0 Å². The van der Waals surface area contributed by atoms with Crippen LogP contribution in [0.15, 0.2) is 6.07 Å². The monoisotopic (exact) mass is 256 g/mol. The van der Waals surface area contributed by atoms with Gasteiger partial charge in [0.15, 0.2) is 17.9 Å². The van der Waals surface area contributed by atoms with Gasteiger partial charge in [0.1, 0.15) is 0 Å². The van der Waals surface area contributed by atoms with Crippen LogP contribution in [-0.2, 0) is 6.18 Å². The molecule has 0 atom stereocenters. The molecule has 1 rings (SSSR count). The molecule has 1 aromatic rings. The molecule has 0 N–H and O–H groups in total. The fourth-order valence-electron chi connectivity index (χ4n) is 1.15. The highest BCUT2D eigenvalue weighted by molar-refractivity contribution is 6.32. The second-order valence-electron chi connectivity index (χ2n) is 2.79. The molecule has 0 unspecified atom stereocenters. The zero-order valence-electron chi connectivity index (χ0n) is 7.86. The van der Waals surface area contributed by atoms with E-state index in [0.29, 0.717) is 6.07 Å². The second kappa shape index (κ2) is 4.29. The fourth-order valence-corrected chi connectivity index (χ4v) is 1.46. The Hall–Kier alpha value is -1.30. The average molecular weight is 257 g/mol. The third-order valence-electron chi connectivity index (χ3n) is 1.83. The first-order valence-electron chi connectivity index (χ1n) is 3.91. The molecule has 0 fully saturated rings. The van der Waals surface area contributed by atoms with Crippen molar-refractivity contribution < 1.29 is 27.1 Å². The molecule has 0 aromatic heterocycles. The Bertz CT molecular complexity index is 428. The van der Waals surface area contributed by atoms with E-state index in [1.165, 1.54) is 0 Å². The van der Waals surface area contributed by atoms with Gasteiger partial charge in [0.25, 0.3) is 0 Å². The summed E-state index contributed by atoms with van der Waals surface area (Å²) in [5, 5.41) is -1.17. The third-order valence-corrected chi connectivity index (χ3v) is 2.19. The summed E-state index contributed by atoms with van der Waals surface area (Å²) in [4.78, 5) is 10.5. The predicted octanol–water partition coefficient (Wildman–Crippen LogP) is 3.32. The fraction of sp³-hybridized carbons (Fsp3) is 0.222. The number of carbonyl (C=O) groups is 1. The standard InChI is InChI=1S/C9H5ClF4O2/c1-16-5-2-4(3-15)6(9(12,13)14)7(10)8(5)11/h2-3H,1H3. The van der Waals surface area contributed by atoms with Crippen LogP contribution in [0.25, 0.3) is 0 Å². The summed E-state index contributed by atoms with van der Waals surface area (Å²) in [6.45, 7) is 0. The summed E-state index contributed by atoms with van der Waals surface area (Å²) in [5.74, 6) is -1.86. The van der Waals surface area contributed by atoms with Gasteiger partial charge in [0, 0.05) is 5.56 Å². The summed E-state index contributed by atoms with van der Waals surface area (Å²) in [7, 11) is 1.05. The second-order valence-corrected chi connectivity index (χ2v) is 3.16. The van der Waals surface area contributed by atoms with Crippen molar-refractivity contribution >= 4 is 17.9 Å². The van der Waals surface area contributed by atoms with E-state index in [0.717, 1.165) is 7.11 Å². The van der Waals surface area contributed by atoms with Crippen molar-refractivity contribution in [2.45, 2.75) is 6.18 Å². The van der Waals surface area contributed by atoms with Crippen LogP contribution >= 0.6 is 11.6 Å². The summed E-state index contributed by atoms with van der Waals surface area (Å²) in [6.07, 6.45) is -4.96. The first-order valence-corrected chi connectivity index (χ1v) is 4.29. The number of aldehydes is 1. The van der Waals surface area contributed by atoms with Gasteiger partial charge in [0.2, 0.25) is 0 Å². The molecule has 0 saturated carbocycles. The van der Waals surface area contributed by atoms with Crippen molar-refractivity contribution in [1.29, 1.82) is 0 Å². The van der Waals surface area contributed by atoms with Gasteiger partial charge in [-0.15, -0.1) is 0 Å². The quantitative estimate of drug-likeness (QED) is 0.599. The number of rotatable bonds is 2. The van der Waals surface area contributed by atoms with Gasteiger partial charge in [-0.3, -0.25) is 4.79 Å². The Morgan fingerprint density at radius 3 is 2.38 bits per heavy atom. The number of hydrogen-bond donors (Lipinski definition) is 0. The predicted molar refractivity (Wildman–Crippen MR) is 48.4 cm³/mol. The van der Waals surface area contributed by atoms with E-state index in [9.17, 15) is 22.4 Å². The lowest BCUT2D eigenvalue weighted by atomic mass is 10.1. The van der Waals surface area contributed by atoms with Gasteiger partial charge < -0.3 is 4.74 Å². The Kier molecular flexibility index (Phi) is 3.42. The molecule has 0 aliphatic carbocycles. The maximum Gasteiger partial charge on any atom is 0.418 e. The molecule has 0 saturated heterocycles. The normalized spacial score (nSPS) is 11.4. The summed E-state index contributed by atoms with van der Waals surface area (Å²) < 4.78 is 55.1. The van der Waals surface area contributed by atoms with E-state index in [4.69, 9.17) is 11.6 Å². The maximum atomic E-state index is 13.2. The highest BCUT2D eigenvalue weighted by Crippen LogP contribution is 2.40. The molecule has 2 nitrogen and oxygen atoms in total. The van der Waals surface area contributed by atoms with Crippen LogP contribution in [-0.4, -0.2) is 13.4 Å². The molecule has 0 amide bonds. The van der Waals surface area contributed by atoms with Crippen molar-refractivity contribution in [2.24, 2.45) is 0 Å². The molecular weight excluding hydrogens is 252 g/mol. The van der Waals surface area contributed by atoms with Gasteiger partial charge in [-0.05, 0) is 6.07 Å². The van der Waals surface area contributed by atoms with Gasteiger partial charge in [0.05, 0.1) is 17.7 Å². The maximum absolute atomic E-state index is 13.2. The zero-order valence-corrected chi connectivity index (χ0v) is 8.62. The first-order chi connectivity index (χ1) is 7.32. The van der Waals surface area contributed by atoms with Crippen molar-refractivity contribution in [2.75, 3.05) is 7.11 Å². The Morgan fingerprint density at radius 2 is 2.00 bits per heavy atom. The summed E-state index contributed by atoms with van der Waals surface area (Å²) in [5.41, 5.74) is -2.27. The van der Waals surface area contributed by atoms with E-state index >= 15 is 0 Å². The highest BCUT2D eigenvalue weighted by Gasteiger charge is 2.38. The topological polar surface area (TPSA) is 26.3 Å². The van der Waals surface area contributed by atoms with Crippen LogP contribution in [0.4, 0.5) is 17.6 Å². The Morgan fingerprint density at radius 1 is 1.44 bits per heavy atom. The van der Waals surface area contributed by atoms with Crippen LogP contribution < -0.4 is 4.74 Å². The minimum atomic E-state index is -4.90. The van der Waals surface area contributed by atoms with Gasteiger partial charge in [-0.25, -0.2) is 4.39 Å². The SMILES string of the molecule is COc1cc(C=O)c(C(F)(F)F)c(Cl)c1F. The highest BCUT2D eigenvalue weighted by atomic mass is 35.5. The molecular formula is C9H5ClF4O2. The number of carbonyl (C=O) groups excluding carboxylic acids is 1. The lowest BCUT2D eigenvalue weighted by Crippen LogP contribution is -2.11. The van der Waals surface area contributed by atoms with E-state index in [1.54, 1.807) is 0 Å². The number of benzene rings is 1. The van der Waals surface area contributed by atoms with Crippen LogP contribution in [0, 0.1) is 5.82 Å². The molecule has 7 heteroatoms. The van der Waals surface area contributed by atoms with Crippen LogP contribution in [0.1, 0.15) is 15.9 Å². The van der Waals surface area contributed by atoms with Crippen molar-refractivity contribution in [3.63, 3.8) is 0 Å². The summed E-state index contributed by atoms with van der Waals surface area (Å²) in [6, 6.07) is 0.650. The van der Waals surface area contributed by atoms with Gasteiger partial charge >= 0.3 is 6.18 Å². The van der Waals surface area contributed by atoms with Crippen molar-refractivity contribution in [3.8, 4) is 5.75 Å². The Balaban J connectivity index is 3.61. The van der Waals surface area contributed by atoms with E-state index in [-0.39, 0.29) is 6.29 Å². The smallest absolute Gasteiger partial charge is 0.418 e. The molecule has 0 heterocycles. The molecule has 16 heavy (non-hydrogen) atoms. The minimum absolute atomic E-state index is 0.0589. The molecule has 0 radical (unpaired) electrons. The lowest BCUT2D eigenvalue weighted by Gasteiger charge is -2.13. The minimum Gasteiger partial charge on any atom is -0.494 e. The number of alkyl halides is 3. The van der Waals surface area contributed by atoms with E-state index in [2.05, 4.69) is 4.74 Å². The molecule has 0 spiro atoms. The molecule has 0 aliphatic heterocycles. The zero-order chi connectivity index (χ0) is 12.5. The van der Waals surface area contributed by atoms with Crippen molar-refractivity contribution in [3.05, 3.63) is 28.0 Å². The Labute approximate surface area is 92.8 Å². The third kappa shape index (κ3) is 2.11. The lowest BCUT2D eigenvalue weighted by molar-refractivity contribution is -0.137. The van der Waals surface area contributed by atoms with Crippen LogP contribution in [0.5, 0.6) is 5.75 Å². The van der Waals surface area contributed by atoms with Gasteiger partial charge in [-0.1, -0.05) is 11.6 Å².